The van der Waals surface area contributed by atoms with Crippen molar-refractivity contribution in [2.75, 3.05) is 39.3 Å². The van der Waals surface area contributed by atoms with Gasteiger partial charge in [-0.15, -0.1) is 0 Å². The number of aliphatic hydroxyl groups is 1. The molecule has 0 aromatic carbocycles. The van der Waals surface area contributed by atoms with Crippen molar-refractivity contribution in [3.63, 3.8) is 0 Å². The van der Waals surface area contributed by atoms with E-state index in [2.05, 4.69) is 31.6 Å². The molecule has 5 nitrogen and oxygen atoms in total. The topological polar surface area (TPSA) is 47.0 Å². The first-order valence-corrected chi connectivity index (χ1v) is 7.98. The van der Waals surface area contributed by atoms with Crippen molar-refractivity contribution in [2.24, 2.45) is 0 Å². The van der Waals surface area contributed by atoms with Gasteiger partial charge >= 0.3 is 0 Å². The number of amides is 1. The number of piperazine rings is 1. The Hall–Kier alpha value is -0.300. The van der Waals surface area contributed by atoms with E-state index in [0.29, 0.717) is 18.9 Å². The molecular weight excluding hydrogens is 274 g/mol. The molecule has 2 fully saturated rings. The molecule has 2 aliphatic heterocycles. The molecule has 0 aromatic heterocycles. The van der Waals surface area contributed by atoms with Gasteiger partial charge < -0.3 is 10.0 Å². The molecule has 2 aliphatic rings. The molecule has 0 bridgehead atoms. The van der Waals surface area contributed by atoms with Crippen LogP contribution in [0.3, 0.4) is 0 Å². The smallest absolute Gasteiger partial charge is 0.225 e. The third kappa shape index (κ3) is 4.10. The molecule has 2 rings (SSSR count). The minimum Gasteiger partial charge on any atom is -0.389 e. The van der Waals surface area contributed by atoms with Crippen LogP contribution in [-0.2, 0) is 4.79 Å². The molecule has 1 N–H and O–H groups in total. The zero-order valence-electron chi connectivity index (χ0n) is 12.6. The van der Waals surface area contributed by atoms with Crippen molar-refractivity contribution in [3.05, 3.63) is 0 Å². The maximum absolute atomic E-state index is 12.3. The molecule has 20 heavy (non-hydrogen) atoms. The molecule has 2 heterocycles. The summed E-state index contributed by atoms with van der Waals surface area (Å²) < 4.78 is 1.90. The molecule has 0 atom stereocenters. The maximum Gasteiger partial charge on any atom is 0.225 e. The summed E-state index contributed by atoms with van der Waals surface area (Å²) in [5.41, 5.74) is -0.828. The van der Waals surface area contributed by atoms with E-state index < -0.39 is 5.60 Å². The summed E-state index contributed by atoms with van der Waals surface area (Å²) >= 11 is 4.28. The van der Waals surface area contributed by atoms with Crippen LogP contribution >= 0.6 is 12.8 Å². The Kier molecular flexibility index (Phi) is 5.34. The molecule has 0 aromatic rings. The van der Waals surface area contributed by atoms with Gasteiger partial charge in [0.2, 0.25) is 5.91 Å². The predicted molar refractivity (Wildman–Crippen MR) is 82.6 cm³/mol. The molecule has 0 radical (unpaired) electrons. The van der Waals surface area contributed by atoms with Gasteiger partial charge in [0.05, 0.1) is 12.0 Å². The summed E-state index contributed by atoms with van der Waals surface area (Å²) in [7, 11) is 0. The average Bonchev–Trinajstić information content (AvgIpc) is 2.42. The molecule has 116 valence electrons. The summed E-state index contributed by atoms with van der Waals surface area (Å²) in [6.07, 6.45) is 1.53. The van der Waals surface area contributed by atoms with Crippen molar-refractivity contribution in [3.8, 4) is 0 Å². The van der Waals surface area contributed by atoms with Gasteiger partial charge in [-0.05, 0) is 26.7 Å². The number of thiol groups is 1. The van der Waals surface area contributed by atoms with Crippen LogP contribution in [0.5, 0.6) is 0 Å². The van der Waals surface area contributed by atoms with Gasteiger partial charge in [0, 0.05) is 45.3 Å². The molecule has 0 unspecified atom stereocenters. The number of carbonyl (C=O) groups is 1. The highest BCUT2D eigenvalue weighted by Gasteiger charge is 2.35. The molecule has 6 heteroatoms. The van der Waals surface area contributed by atoms with Gasteiger partial charge in [0.25, 0.3) is 0 Å². The first-order chi connectivity index (χ1) is 9.39. The monoisotopic (exact) mass is 301 g/mol. The standard InChI is InChI=1S/C14H27N3O2S/c1-12(2)15-7-9-16(10-8-15)13(18)11-14(19)3-5-17(20)6-4-14/h12,19-20H,3-11H2,1-2H3. The van der Waals surface area contributed by atoms with E-state index >= 15 is 0 Å². The third-order valence-electron chi connectivity index (χ3n) is 4.55. The van der Waals surface area contributed by atoms with Crippen LogP contribution in [0.1, 0.15) is 33.1 Å². The second kappa shape index (κ2) is 6.64. The van der Waals surface area contributed by atoms with Crippen molar-refractivity contribution < 1.29 is 9.90 Å². The fourth-order valence-corrected chi connectivity index (χ4v) is 3.17. The number of rotatable bonds is 3. The Labute approximate surface area is 127 Å². The zero-order valence-corrected chi connectivity index (χ0v) is 13.5. The Morgan fingerprint density at radius 1 is 1.15 bits per heavy atom. The molecule has 2 saturated heterocycles. The van der Waals surface area contributed by atoms with Crippen molar-refractivity contribution in [1.29, 1.82) is 0 Å². The molecule has 0 spiro atoms. The minimum atomic E-state index is -0.828. The lowest BCUT2D eigenvalue weighted by atomic mass is 9.88. The van der Waals surface area contributed by atoms with Gasteiger partial charge in [0.15, 0.2) is 0 Å². The van der Waals surface area contributed by atoms with Gasteiger partial charge in [-0.25, -0.2) is 0 Å². The van der Waals surface area contributed by atoms with Crippen LogP contribution in [-0.4, -0.2) is 76.0 Å². The van der Waals surface area contributed by atoms with Crippen molar-refractivity contribution >= 4 is 18.7 Å². The largest absolute Gasteiger partial charge is 0.389 e. The number of hydrogen-bond donors (Lipinski definition) is 2. The SMILES string of the molecule is CC(C)N1CCN(C(=O)CC2(O)CCN(S)CC2)CC1. The maximum atomic E-state index is 12.3. The lowest BCUT2D eigenvalue weighted by molar-refractivity contribution is -0.140. The lowest BCUT2D eigenvalue weighted by Gasteiger charge is -2.40. The van der Waals surface area contributed by atoms with Gasteiger partial charge in [-0.3, -0.25) is 14.0 Å². The Bertz CT molecular complexity index is 335. The van der Waals surface area contributed by atoms with Gasteiger partial charge in [-0.1, -0.05) is 12.8 Å². The first-order valence-electron chi connectivity index (χ1n) is 7.58. The number of hydrogen-bond acceptors (Lipinski definition) is 5. The first kappa shape index (κ1) is 16.1. The lowest BCUT2D eigenvalue weighted by Crippen LogP contribution is -2.52. The van der Waals surface area contributed by atoms with E-state index in [1.807, 2.05) is 9.21 Å². The fourth-order valence-electron chi connectivity index (χ4n) is 2.97. The van der Waals surface area contributed by atoms with Crippen LogP contribution in [0.15, 0.2) is 0 Å². The van der Waals surface area contributed by atoms with E-state index in [0.717, 1.165) is 39.3 Å². The average molecular weight is 301 g/mol. The summed E-state index contributed by atoms with van der Waals surface area (Å²) in [5.74, 6) is 0.100. The highest BCUT2D eigenvalue weighted by molar-refractivity contribution is 7.77. The molecule has 1 amide bonds. The van der Waals surface area contributed by atoms with Crippen LogP contribution < -0.4 is 0 Å². The fraction of sp³-hybridized carbons (Fsp3) is 0.929. The summed E-state index contributed by atoms with van der Waals surface area (Å²) in [5, 5.41) is 10.5. The van der Waals surface area contributed by atoms with Crippen LogP contribution in [0.25, 0.3) is 0 Å². The number of piperidine rings is 1. The minimum absolute atomic E-state index is 0.100. The van der Waals surface area contributed by atoms with E-state index in [1.165, 1.54) is 0 Å². The van der Waals surface area contributed by atoms with Crippen molar-refractivity contribution in [2.45, 2.75) is 44.8 Å². The normalized spacial score (nSPS) is 25.1. The van der Waals surface area contributed by atoms with E-state index in [1.54, 1.807) is 0 Å². The van der Waals surface area contributed by atoms with Crippen LogP contribution in [0, 0.1) is 0 Å². The second-order valence-electron chi connectivity index (χ2n) is 6.37. The van der Waals surface area contributed by atoms with Crippen LogP contribution in [0.4, 0.5) is 0 Å². The van der Waals surface area contributed by atoms with E-state index in [-0.39, 0.29) is 12.3 Å². The van der Waals surface area contributed by atoms with E-state index in [4.69, 9.17) is 0 Å². The van der Waals surface area contributed by atoms with E-state index in [9.17, 15) is 9.90 Å². The second-order valence-corrected chi connectivity index (χ2v) is 6.93. The quantitative estimate of drug-likeness (QED) is 0.750. The summed E-state index contributed by atoms with van der Waals surface area (Å²) in [6, 6.07) is 0.538. The Morgan fingerprint density at radius 3 is 2.20 bits per heavy atom. The number of nitrogens with zero attached hydrogens (tertiary/aromatic N) is 3. The van der Waals surface area contributed by atoms with Gasteiger partial charge in [0.1, 0.15) is 0 Å². The number of carbonyl (C=O) groups excluding carboxylic acids is 1. The molecular formula is C14H27N3O2S. The highest BCUT2D eigenvalue weighted by atomic mass is 32.1. The van der Waals surface area contributed by atoms with Crippen molar-refractivity contribution in [1.82, 2.24) is 14.1 Å². The molecule has 0 saturated carbocycles. The summed E-state index contributed by atoms with van der Waals surface area (Å²) in [6.45, 7) is 9.30. The third-order valence-corrected chi connectivity index (χ3v) is 4.95. The Balaban J connectivity index is 1.81. The highest BCUT2D eigenvalue weighted by Crippen LogP contribution is 2.27. The summed E-state index contributed by atoms with van der Waals surface area (Å²) in [4.78, 5) is 16.6. The Morgan fingerprint density at radius 2 is 1.70 bits per heavy atom. The predicted octanol–water partition coefficient (Wildman–Crippen LogP) is 0.601. The molecule has 0 aliphatic carbocycles. The van der Waals surface area contributed by atoms with Crippen LogP contribution in [0.2, 0.25) is 0 Å². The zero-order chi connectivity index (χ0) is 14.8. The van der Waals surface area contributed by atoms with Gasteiger partial charge in [-0.2, -0.15) is 0 Å².